The minimum absolute atomic E-state index is 0.00268. The monoisotopic (exact) mass is 457 g/mol. The van der Waals surface area contributed by atoms with Crippen LogP contribution in [0.2, 0.25) is 0 Å². The van der Waals surface area contributed by atoms with Gasteiger partial charge in [0.15, 0.2) is 5.58 Å². The Morgan fingerprint density at radius 3 is 2.62 bits per heavy atom. The highest BCUT2D eigenvalue weighted by Crippen LogP contribution is 2.39. The molecule has 2 aromatic heterocycles. The van der Waals surface area contributed by atoms with Crippen LogP contribution < -0.4 is 10.2 Å². The molecule has 1 N–H and O–H groups in total. The summed E-state index contributed by atoms with van der Waals surface area (Å²) in [7, 11) is 0. The zero-order chi connectivity index (χ0) is 22.3. The van der Waals surface area contributed by atoms with Gasteiger partial charge in [-0.2, -0.15) is 0 Å². The third-order valence-electron chi connectivity index (χ3n) is 6.52. The van der Waals surface area contributed by atoms with Gasteiger partial charge in [-0.05, 0) is 31.0 Å². The van der Waals surface area contributed by atoms with E-state index in [4.69, 9.17) is 16.0 Å². The molecule has 1 aliphatic carbocycles. The van der Waals surface area contributed by atoms with Crippen molar-refractivity contribution in [2.45, 2.75) is 62.5 Å². The maximum Gasteiger partial charge on any atom is 0.277 e. The average Bonchev–Trinajstić information content (AvgIpc) is 3.32. The second-order valence-electron chi connectivity index (χ2n) is 8.68. The number of halogens is 2. The number of amides is 2. The summed E-state index contributed by atoms with van der Waals surface area (Å²) < 4.78 is 21.2. The summed E-state index contributed by atoms with van der Waals surface area (Å²) >= 11 is 7.04. The number of carbonyl (C=O) groups excluding carboxylic acids is 2. The first-order chi connectivity index (χ1) is 15.5. The fourth-order valence-corrected chi connectivity index (χ4v) is 5.24. The number of furan rings is 1. The van der Waals surface area contributed by atoms with Gasteiger partial charge in [0.25, 0.3) is 11.8 Å². The zero-order valence-corrected chi connectivity index (χ0v) is 18.4. The van der Waals surface area contributed by atoms with Crippen molar-refractivity contribution >= 4 is 40.2 Å². The van der Waals surface area contributed by atoms with E-state index >= 15 is 0 Å². The van der Waals surface area contributed by atoms with Gasteiger partial charge in [-0.1, -0.05) is 49.8 Å². The molecular weight excluding hydrogens is 433 g/mol. The van der Waals surface area contributed by atoms with E-state index in [0.717, 1.165) is 38.5 Å². The maximum absolute atomic E-state index is 14.1. The molecule has 2 amide bonds. The van der Waals surface area contributed by atoms with E-state index in [9.17, 15) is 14.0 Å². The highest BCUT2D eigenvalue weighted by Gasteiger charge is 2.51. The van der Waals surface area contributed by atoms with E-state index < -0.39 is 22.6 Å². The lowest BCUT2D eigenvalue weighted by atomic mass is 9.96. The molecule has 0 saturated heterocycles. The number of rotatable bonds is 3. The van der Waals surface area contributed by atoms with Crippen LogP contribution in [0.5, 0.6) is 0 Å². The van der Waals surface area contributed by atoms with Crippen LogP contribution in [0.1, 0.15) is 55.4 Å². The lowest BCUT2D eigenvalue weighted by molar-refractivity contribution is -0.125. The van der Waals surface area contributed by atoms with E-state index in [1.807, 2.05) is 0 Å². The summed E-state index contributed by atoms with van der Waals surface area (Å²) in [6.07, 6.45) is 8.91. The van der Waals surface area contributed by atoms with Crippen molar-refractivity contribution in [3.63, 3.8) is 0 Å². The number of benzene rings is 1. The first kappa shape index (κ1) is 21.1. The number of nitrogens with zero attached hydrogens (tertiary/aromatic N) is 2. The normalized spacial score (nSPS) is 22.4. The topological polar surface area (TPSA) is 67.5 Å². The summed E-state index contributed by atoms with van der Waals surface area (Å²) in [6, 6.07) is 8.98. The van der Waals surface area contributed by atoms with Crippen LogP contribution >= 0.6 is 11.6 Å². The fourth-order valence-electron chi connectivity index (χ4n) is 4.89. The van der Waals surface area contributed by atoms with E-state index in [1.165, 1.54) is 35.8 Å². The van der Waals surface area contributed by atoms with Crippen LogP contribution in [-0.4, -0.2) is 27.4 Å². The van der Waals surface area contributed by atoms with Crippen LogP contribution in [-0.2, 0) is 11.3 Å². The molecule has 0 bridgehead atoms. The molecule has 3 aromatic rings. The van der Waals surface area contributed by atoms with E-state index in [2.05, 4.69) is 5.32 Å². The molecule has 6 nitrogen and oxygen atoms in total. The Labute approximate surface area is 190 Å². The molecular formula is C24H25ClFN3O3. The molecule has 1 unspecified atom stereocenters. The summed E-state index contributed by atoms with van der Waals surface area (Å²) in [6.45, 7) is 0.0216. The molecule has 32 heavy (non-hydrogen) atoms. The van der Waals surface area contributed by atoms with Crippen molar-refractivity contribution in [2.24, 2.45) is 0 Å². The molecule has 0 spiro atoms. The zero-order valence-electron chi connectivity index (χ0n) is 17.7. The third-order valence-corrected chi connectivity index (χ3v) is 6.98. The van der Waals surface area contributed by atoms with Gasteiger partial charge in [0.2, 0.25) is 5.00 Å². The SMILES string of the molecule is O=C1c2cc3occc3n2CC(Cl)(C(=O)NC2CCCCCCC2)N1c1cccc(F)c1. The molecule has 1 fully saturated rings. The molecule has 8 heteroatoms. The highest BCUT2D eigenvalue weighted by molar-refractivity contribution is 6.39. The van der Waals surface area contributed by atoms with Gasteiger partial charge >= 0.3 is 0 Å². The standard InChI is InChI=1S/C24H25ClFN3O3/c25-24(23(31)27-17-8-4-2-1-3-5-9-17)15-28-19-11-12-32-21(19)14-20(28)22(30)29(24)18-10-6-7-16(26)13-18/h6-7,10-14,17H,1-5,8-9,15H2,(H,27,31). The van der Waals surface area contributed by atoms with Crippen LogP contribution in [0, 0.1) is 5.82 Å². The van der Waals surface area contributed by atoms with Crippen molar-refractivity contribution in [3.8, 4) is 0 Å². The van der Waals surface area contributed by atoms with Gasteiger partial charge in [-0.15, -0.1) is 0 Å². The summed E-state index contributed by atoms with van der Waals surface area (Å²) in [5.74, 6) is -1.43. The molecule has 1 atom stereocenters. The van der Waals surface area contributed by atoms with E-state index in [1.54, 1.807) is 22.8 Å². The van der Waals surface area contributed by atoms with Crippen LogP contribution in [0.25, 0.3) is 11.1 Å². The van der Waals surface area contributed by atoms with Crippen molar-refractivity contribution in [2.75, 3.05) is 4.90 Å². The van der Waals surface area contributed by atoms with Gasteiger partial charge in [0, 0.05) is 23.9 Å². The predicted molar refractivity (Wildman–Crippen MR) is 120 cm³/mol. The van der Waals surface area contributed by atoms with Gasteiger partial charge in [0.1, 0.15) is 11.5 Å². The summed E-state index contributed by atoms with van der Waals surface area (Å²) in [5, 5.41) is 3.10. The minimum atomic E-state index is -1.75. The van der Waals surface area contributed by atoms with Crippen molar-refractivity contribution in [1.82, 2.24) is 9.88 Å². The fraction of sp³-hybridized carbons (Fsp3) is 0.417. The third kappa shape index (κ3) is 3.58. The van der Waals surface area contributed by atoms with Gasteiger partial charge in [0.05, 0.1) is 18.3 Å². The van der Waals surface area contributed by atoms with Crippen molar-refractivity contribution in [1.29, 1.82) is 0 Å². The maximum atomic E-state index is 14.1. The quantitative estimate of drug-likeness (QED) is 0.434. The van der Waals surface area contributed by atoms with Gasteiger partial charge < -0.3 is 14.3 Å². The summed E-state index contributed by atoms with van der Waals surface area (Å²) in [4.78, 5) is 26.7. The van der Waals surface area contributed by atoms with Crippen molar-refractivity contribution in [3.05, 3.63) is 54.2 Å². The Morgan fingerprint density at radius 2 is 1.88 bits per heavy atom. The van der Waals surface area contributed by atoms with Crippen LogP contribution in [0.15, 0.2) is 47.1 Å². The Bertz CT molecular complexity index is 1160. The number of hydrogen-bond acceptors (Lipinski definition) is 3. The number of fused-ring (bicyclic) bond motifs is 3. The molecule has 5 rings (SSSR count). The van der Waals surface area contributed by atoms with Gasteiger partial charge in [-0.3, -0.25) is 14.5 Å². The minimum Gasteiger partial charge on any atom is -0.463 e. The lowest BCUT2D eigenvalue weighted by Gasteiger charge is -2.42. The van der Waals surface area contributed by atoms with Crippen molar-refractivity contribution < 1.29 is 18.4 Å². The smallest absolute Gasteiger partial charge is 0.277 e. The number of carbonyl (C=O) groups is 2. The molecule has 168 valence electrons. The van der Waals surface area contributed by atoms with E-state index in [0.29, 0.717) is 16.8 Å². The number of aromatic nitrogens is 1. The number of alkyl halides is 1. The predicted octanol–water partition coefficient (Wildman–Crippen LogP) is 5.20. The lowest BCUT2D eigenvalue weighted by Crippen LogP contribution is -2.64. The molecule has 1 aromatic carbocycles. The Kier molecular flexibility index (Phi) is 5.45. The number of nitrogens with one attached hydrogen (secondary N) is 1. The van der Waals surface area contributed by atoms with Gasteiger partial charge in [-0.25, -0.2) is 4.39 Å². The Morgan fingerprint density at radius 1 is 1.12 bits per heavy atom. The second-order valence-corrected chi connectivity index (χ2v) is 9.31. The molecule has 1 aliphatic heterocycles. The van der Waals surface area contributed by atoms with Crippen LogP contribution in [0.3, 0.4) is 0 Å². The molecule has 3 heterocycles. The average molecular weight is 458 g/mol. The Hall–Kier alpha value is -2.80. The molecule has 2 aliphatic rings. The van der Waals surface area contributed by atoms with E-state index in [-0.39, 0.29) is 18.3 Å². The summed E-state index contributed by atoms with van der Waals surface area (Å²) in [5.41, 5.74) is 1.81. The number of anilines is 1. The Balaban J connectivity index is 1.55. The number of hydrogen-bond donors (Lipinski definition) is 1. The second kappa shape index (κ2) is 8.28. The molecule has 0 radical (unpaired) electrons. The largest absolute Gasteiger partial charge is 0.463 e. The molecule has 1 saturated carbocycles. The first-order valence-corrected chi connectivity index (χ1v) is 11.5. The van der Waals surface area contributed by atoms with Crippen LogP contribution in [0.4, 0.5) is 10.1 Å². The first-order valence-electron chi connectivity index (χ1n) is 11.1. The highest BCUT2D eigenvalue weighted by atomic mass is 35.5.